The van der Waals surface area contributed by atoms with E-state index in [1.807, 2.05) is 0 Å². The van der Waals surface area contributed by atoms with Crippen molar-refractivity contribution in [3.63, 3.8) is 0 Å². The number of halogens is 6. The molecule has 182 valence electrons. The maximum Gasteiger partial charge on any atom is 0.435 e. The fraction of sp³-hybridized carbons (Fsp3) is 0.318. The Morgan fingerprint density at radius 1 is 1.21 bits per heavy atom. The Balaban J connectivity index is 1.90. The molecule has 2 aromatic carbocycles. The second-order valence-corrected chi connectivity index (χ2v) is 8.45. The Bertz CT molecular complexity index is 1160. The second-order valence-electron chi connectivity index (χ2n) is 7.63. The number of ether oxygens (including phenoxy) is 1. The lowest BCUT2D eigenvalue weighted by atomic mass is 9.86. The predicted molar refractivity (Wildman–Crippen MR) is 117 cm³/mol. The minimum Gasteiger partial charge on any atom is -0.467 e. The average molecular weight is 521 g/mol. The predicted octanol–water partition coefficient (Wildman–Crippen LogP) is 5.31. The first-order chi connectivity index (χ1) is 15.8. The highest BCUT2D eigenvalue weighted by Gasteiger charge is 2.62. The van der Waals surface area contributed by atoms with Gasteiger partial charge in [0.1, 0.15) is 6.04 Å². The minimum atomic E-state index is -4.94. The standard InChI is InChI=1S/C22H18Cl2F4N2O4/c1-10-6-12(4-5-14(10)19(31)29-11(2)20(32)33-3)17-9-21(34-30-17,22(26,27)28)13-7-15(23)18(25)16(24)8-13/h4-8,11H,9H2,1-3H3,(H,29,31)/t11-,21?/m0/s1. The van der Waals surface area contributed by atoms with Crippen molar-refractivity contribution >= 4 is 40.8 Å². The van der Waals surface area contributed by atoms with E-state index in [1.165, 1.54) is 32.2 Å². The Morgan fingerprint density at radius 3 is 2.35 bits per heavy atom. The van der Waals surface area contributed by atoms with E-state index in [-0.39, 0.29) is 16.8 Å². The molecule has 34 heavy (non-hydrogen) atoms. The summed E-state index contributed by atoms with van der Waals surface area (Å²) in [6.45, 7) is 3.02. The Kier molecular flexibility index (Phi) is 7.14. The molecule has 1 unspecified atom stereocenters. The van der Waals surface area contributed by atoms with E-state index in [0.29, 0.717) is 5.56 Å². The molecule has 2 atom stereocenters. The Morgan fingerprint density at radius 2 is 1.82 bits per heavy atom. The van der Waals surface area contributed by atoms with Crippen LogP contribution in [0.1, 0.15) is 40.4 Å². The van der Waals surface area contributed by atoms with Gasteiger partial charge >= 0.3 is 12.1 Å². The topological polar surface area (TPSA) is 77.0 Å². The number of carbonyl (C=O) groups excluding carboxylic acids is 2. The minimum absolute atomic E-state index is 0.0492. The smallest absolute Gasteiger partial charge is 0.435 e. The number of aryl methyl sites for hydroxylation is 1. The second kappa shape index (κ2) is 9.42. The van der Waals surface area contributed by atoms with Crippen LogP contribution in [0.25, 0.3) is 0 Å². The third kappa shape index (κ3) is 4.69. The highest BCUT2D eigenvalue weighted by molar-refractivity contribution is 6.35. The molecule has 0 aliphatic carbocycles. The molecule has 0 spiro atoms. The van der Waals surface area contributed by atoms with Gasteiger partial charge in [0.2, 0.25) is 0 Å². The number of nitrogens with zero attached hydrogens (tertiary/aromatic N) is 1. The van der Waals surface area contributed by atoms with Crippen LogP contribution in [0.5, 0.6) is 0 Å². The summed E-state index contributed by atoms with van der Waals surface area (Å²) in [7, 11) is 1.18. The molecule has 0 fully saturated rings. The van der Waals surface area contributed by atoms with E-state index in [2.05, 4.69) is 15.2 Å². The van der Waals surface area contributed by atoms with Crippen LogP contribution in [-0.2, 0) is 20.0 Å². The van der Waals surface area contributed by atoms with Crippen LogP contribution < -0.4 is 5.32 Å². The Labute approximate surface area is 201 Å². The van der Waals surface area contributed by atoms with Crippen LogP contribution in [-0.4, -0.2) is 36.9 Å². The van der Waals surface area contributed by atoms with Gasteiger partial charge < -0.3 is 14.9 Å². The van der Waals surface area contributed by atoms with Crippen molar-refractivity contribution in [3.05, 3.63) is 68.4 Å². The number of esters is 1. The molecule has 2 aromatic rings. The van der Waals surface area contributed by atoms with E-state index < -0.39 is 57.5 Å². The van der Waals surface area contributed by atoms with Crippen LogP contribution >= 0.6 is 23.2 Å². The molecule has 1 amide bonds. The molecule has 0 saturated carbocycles. The molecule has 3 rings (SSSR count). The third-order valence-corrected chi connectivity index (χ3v) is 5.89. The first kappa shape index (κ1) is 25.8. The maximum atomic E-state index is 14.2. The monoisotopic (exact) mass is 520 g/mol. The number of oxime groups is 1. The number of hydrogen-bond acceptors (Lipinski definition) is 5. The molecule has 0 aromatic heterocycles. The molecular formula is C22H18Cl2F4N2O4. The molecule has 1 aliphatic rings. The fourth-order valence-corrected chi connectivity index (χ4v) is 3.94. The number of benzene rings is 2. The van der Waals surface area contributed by atoms with Crippen molar-refractivity contribution in [2.24, 2.45) is 5.16 Å². The zero-order chi connectivity index (χ0) is 25.4. The molecule has 1 N–H and O–H groups in total. The number of alkyl halides is 3. The molecule has 0 saturated heterocycles. The summed E-state index contributed by atoms with van der Waals surface area (Å²) in [4.78, 5) is 28.9. The first-order valence-corrected chi connectivity index (χ1v) is 10.5. The van der Waals surface area contributed by atoms with E-state index in [9.17, 15) is 27.2 Å². The summed E-state index contributed by atoms with van der Waals surface area (Å²) in [5.41, 5.74) is -2.57. The van der Waals surface area contributed by atoms with Crippen molar-refractivity contribution in [3.8, 4) is 0 Å². The summed E-state index contributed by atoms with van der Waals surface area (Å²) < 4.78 is 60.8. The van der Waals surface area contributed by atoms with Gasteiger partial charge in [-0.15, -0.1) is 0 Å². The third-order valence-electron chi connectivity index (χ3n) is 5.34. The molecule has 1 heterocycles. The lowest BCUT2D eigenvalue weighted by Gasteiger charge is -2.29. The zero-order valence-corrected chi connectivity index (χ0v) is 19.5. The van der Waals surface area contributed by atoms with Gasteiger partial charge in [0.15, 0.2) is 5.82 Å². The maximum absolute atomic E-state index is 14.2. The van der Waals surface area contributed by atoms with Crippen LogP contribution in [0.2, 0.25) is 10.0 Å². The first-order valence-electron chi connectivity index (χ1n) is 9.77. The van der Waals surface area contributed by atoms with E-state index in [4.69, 9.17) is 28.0 Å². The van der Waals surface area contributed by atoms with Gasteiger partial charge in [0.25, 0.3) is 11.5 Å². The molecule has 1 aliphatic heterocycles. The van der Waals surface area contributed by atoms with Gasteiger partial charge in [0.05, 0.1) is 22.9 Å². The lowest BCUT2D eigenvalue weighted by molar-refractivity contribution is -0.275. The SMILES string of the molecule is COC(=O)[C@H](C)NC(=O)c1ccc(C2=NOC(c3cc(Cl)c(F)c(Cl)c3)(C(F)(F)F)C2)cc1C. The van der Waals surface area contributed by atoms with Crippen molar-refractivity contribution in [2.75, 3.05) is 7.11 Å². The van der Waals surface area contributed by atoms with Crippen molar-refractivity contribution in [1.82, 2.24) is 5.32 Å². The number of rotatable bonds is 5. The van der Waals surface area contributed by atoms with E-state index >= 15 is 0 Å². The Hall–Kier alpha value is -2.85. The van der Waals surface area contributed by atoms with Gasteiger partial charge in [-0.05, 0) is 49.2 Å². The van der Waals surface area contributed by atoms with Gasteiger partial charge in [0, 0.05) is 17.5 Å². The number of methoxy groups -OCH3 is 1. The lowest BCUT2D eigenvalue weighted by Crippen LogP contribution is -2.42. The van der Waals surface area contributed by atoms with Gasteiger partial charge in [-0.2, -0.15) is 13.2 Å². The van der Waals surface area contributed by atoms with Crippen molar-refractivity contribution < 1.29 is 36.7 Å². The number of hydrogen-bond donors (Lipinski definition) is 1. The van der Waals surface area contributed by atoms with E-state index in [0.717, 1.165) is 12.1 Å². The van der Waals surface area contributed by atoms with Crippen LogP contribution in [0, 0.1) is 12.7 Å². The summed E-state index contributed by atoms with van der Waals surface area (Å²) in [5.74, 6) is -2.24. The number of nitrogens with one attached hydrogen (secondary N) is 1. The summed E-state index contributed by atoms with van der Waals surface area (Å²) in [5, 5.41) is 4.94. The summed E-state index contributed by atoms with van der Waals surface area (Å²) >= 11 is 11.4. The molecular weight excluding hydrogens is 503 g/mol. The quantitative estimate of drug-likeness (QED) is 0.329. The van der Waals surface area contributed by atoms with Crippen LogP contribution in [0.4, 0.5) is 17.6 Å². The van der Waals surface area contributed by atoms with Gasteiger partial charge in [-0.1, -0.05) is 34.4 Å². The number of carbonyl (C=O) groups is 2. The van der Waals surface area contributed by atoms with Crippen LogP contribution in [0.3, 0.4) is 0 Å². The normalized spacial score (nSPS) is 18.7. The summed E-state index contributed by atoms with van der Waals surface area (Å²) in [6, 6.07) is 4.98. The van der Waals surface area contributed by atoms with Crippen LogP contribution in [0.15, 0.2) is 35.5 Å². The average Bonchev–Trinajstić information content (AvgIpc) is 3.23. The fourth-order valence-electron chi connectivity index (χ4n) is 3.46. The van der Waals surface area contributed by atoms with Crippen molar-refractivity contribution in [1.29, 1.82) is 0 Å². The molecule has 0 bridgehead atoms. The van der Waals surface area contributed by atoms with Gasteiger partial charge in [-0.3, -0.25) is 4.79 Å². The number of amides is 1. The highest BCUT2D eigenvalue weighted by Crippen LogP contribution is 2.50. The van der Waals surface area contributed by atoms with Crippen molar-refractivity contribution in [2.45, 2.75) is 38.1 Å². The largest absolute Gasteiger partial charge is 0.467 e. The zero-order valence-electron chi connectivity index (χ0n) is 18.0. The van der Waals surface area contributed by atoms with E-state index in [1.54, 1.807) is 6.92 Å². The summed E-state index contributed by atoms with van der Waals surface area (Å²) in [6.07, 6.45) is -5.68. The molecule has 0 radical (unpaired) electrons. The molecule has 6 nitrogen and oxygen atoms in total. The highest BCUT2D eigenvalue weighted by atomic mass is 35.5. The van der Waals surface area contributed by atoms with Gasteiger partial charge in [-0.25, -0.2) is 9.18 Å². The molecule has 12 heteroatoms.